The van der Waals surface area contributed by atoms with Crippen LogP contribution in [-0.2, 0) is 9.59 Å². The Hall–Kier alpha value is -3.88. The van der Waals surface area contributed by atoms with E-state index in [2.05, 4.69) is 92.8 Å². The summed E-state index contributed by atoms with van der Waals surface area (Å²) in [6, 6.07) is 8.28. The van der Waals surface area contributed by atoms with Gasteiger partial charge in [-0.2, -0.15) is 0 Å². The summed E-state index contributed by atoms with van der Waals surface area (Å²) in [5.74, 6) is -0.458. The summed E-state index contributed by atoms with van der Waals surface area (Å²) in [5.41, 5.74) is 8.43. The van der Waals surface area contributed by atoms with Gasteiger partial charge in [0.15, 0.2) is 0 Å². The minimum Gasteiger partial charge on any atom is -0.355 e. The van der Waals surface area contributed by atoms with Crippen molar-refractivity contribution in [2.45, 2.75) is 22.3 Å². The Morgan fingerprint density at radius 1 is 0.474 bits per heavy atom. The van der Waals surface area contributed by atoms with Gasteiger partial charge in [0.25, 0.3) is 0 Å². The lowest BCUT2D eigenvalue weighted by Gasteiger charge is -2.29. The molecule has 4 aromatic heterocycles. The molecule has 5 aliphatic heterocycles. The van der Waals surface area contributed by atoms with Crippen LogP contribution in [0.1, 0.15) is 67.4 Å². The summed E-state index contributed by atoms with van der Waals surface area (Å²) in [7, 11) is 0. The number of H-pyrrole nitrogens is 4. The van der Waals surface area contributed by atoms with Crippen molar-refractivity contribution in [3.05, 3.63) is 115 Å². The first-order valence-corrected chi connectivity index (χ1v) is 14.4. The number of allylic oxidation sites excluding steroid dienone is 2. The van der Waals surface area contributed by atoms with Gasteiger partial charge in [-0.05, 0) is 70.8 Å². The Kier molecular flexibility index (Phi) is 4.09. The molecule has 4 atom stereocenters. The fourth-order valence-corrected chi connectivity index (χ4v) is 8.76. The maximum Gasteiger partial charge on any atom is 0.201 e. The molecule has 2 unspecified atom stereocenters. The van der Waals surface area contributed by atoms with Crippen LogP contribution in [0.15, 0.2) is 48.6 Å². The van der Waals surface area contributed by atoms with Crippen LogP contribution in [0.3, 0.4) is 0 Å². The van der Waals surface area contributed by atoms with E-state index >= 15 is 0 Å². The van der Waals surface area contributed by atoms with Crippen LogP contribution in [0, 0.1) is 0 Å². The van der Waals surface area contributed by atoms with Crippen molar-refractivity contribution in [1.29, 1.82) is 0 Å². The minimum absolute atomic E-state index is 0.0187. The van der Waals surface area contributed by atoms with Crippen LogP contribution >= 0.6 is 23.5 Å². The van der Waals surface area contributed by atoms with E-state index in [1.165, 1.54) is 34.7 Å². The molecule has 9 heterocycles. The summed E-state index contributed by atoms with van der Waals surface area (Å²) in [4.78, 5) is 39.9. The lowest BCUT2D eigenvalue weighted by molar-refractivity contribution is -0.112. The summed E-state index contributed by atoms with van der Waals surface area (Å²) >= 11 is 2.83. The average molecular weight is 533 g/mol. The highest BCUT2D eigenvalue weighted by Crippen LogP contribution is 2.47. The van der Waals surface area contributed by atoms with Crippen molar-refractivity contribution >= 4 is 58.1 Å². The lowest BCUT2D eigenvalue weighted by Crippen LogP contribution is -2.27. The van der Waals surface area contributed by atoms with Crippen LogP contribution in [0.5, 0.6) is 0 Å². The standard InChI is InChI=1S/C30H20N4O2S2/c35-29-17-5-7-24(38-29)28-22-12-16-4-2-14(32-16)10-20-26-18-6-8-23(37-30(18)36)27(26)21(34-20)11-15-3-1-13(31-15)9-19(33-22)25(17)28/h1-12,17-18,23-24,31-34H/t17-,18?,23?,24-/m1/s1. The van der Waals surface area contributed by atoms with Crippen molar-refractivity contribution in [1.82, 2.24) is 19.9 Å². The van der Waals surface area contributed by atoms with E-state index < -0.39 is 0 Å². The fraction of sp³-hybridized carbons (Fsp3) is 0.133. The normalized spacial score (nSPS) is 25.4. The number of fused-ring (bicyclic) bond motifs is 10. The Bertz CT molecular complexity index is 1920. The summed E-state index contributed by atoms with van der Waals surface area (Å²) in [5, 5.41) is 4.43. The zero-order valence-electron chi connectivity index (χ0n) is 19.9. The topological polar surface area (TPSA) is 97.3 Å². The van der Waals surface area contributed by atoms with Gasteiger partial charge in [-0.15, -0.1) is 0 Å². The molecule has 0 aromatic carbocycles. The van der Waals surface area contributed by atoms with Crippen LogP contribution in [0.4, 0.5) is 0 Å². The van der Waals surface area contributed by atoms with Gasteiger partial charge >= 0.3 is 0 Å². The van der Waals surface area contributed by atoms with Gasteiger partial charge in [0.1, 0.15) is 0 Å². The Balaban J connectivity index is 1.35. The SMILES string of the molecule is O=C1SC2C=CC1c1c2c2[nH]c1=Cc1ccc([nH]1)C=c1[nH]c(c3c1[C@H]1C=C[C@H]3C(=O)S1)=Cc1ccc([nH]1)C=2. The van der Waals surface area contributed by atoms with Crippen LogP contribution in [0.2, 0.25) is 0 Å². The highest BCUT2D eigenvalue weighted by Gasteiger charge is 2.39. The number of rotatable bonds is 0. The second-order valence-electron chi connectivity index (χ2n) is 10.3. The van der Waals surface area contributed by atoms with Gasteiger partial charge in [0, 0.05) is 44.2 Å². The van der Waals surface area contributed by atoms with Crippen LogP contribution < -0.4 is 21.4 Å². The molecule has 12 bridgehead atoms. The molecule has 7 aliphatic rings. The largest absolute Gasteiger partial charge is 0.355 e. The maximum atomic E-state index is 12.8. The van der Waals surface area contributed by atoms with Crippen LogP contribution in [0.25, 0.3) is 24.3 Å². The zero-order chi connectivity index (χ0) is 25.1. The smallest absolute Gasteiger partial charge is 0.201 e. The number of carbonyl (C=O) groups is 2. The number of carbonyl (C=O) groups excluding carboxylic acids is 2. The minimum atomic E-state index is -0.229. The Morgan fingerprint density at radius 3 is 1.21 bits per heavy atom. The molecule has 0 spiro atoms. The van der Waals surface area contributed by atoms with E-state index in [9.17, 15) is 9.59 Å². The second kappa shape index (κ2) is 7.36. The highest BCUT2D eigenvalue weighted by molar-refractivity contribution is 8.14. The van der Waals surface area contributed by atoms with E-state index in [0.29, 0.717) is 0 Å². The zero-order valence-corrected chi connectivity index (χ0v) is 21.5. The van der Waals surface area contributed by atoms with Crippen molar-refractivity contribution < 1.29 is 9.59 Å². The number of aromatic nitrogens is 4. The molecule has 4 aromatic rings. The van der Waals surface area contributed by atoms with Gasteiger partial charge in [0.05, 0.1) is 22.3 Å². The summed E-state index contributed by atoms with van der Waals surface area (Å²) < 4.78 is 0. The van der Waals surface area contributed by atoms with Gasteiger partial charge in [-0.25, -0.2) is 0 Å². The van der Waals surface area contributed by atoms with Gasteiger partial charge in [-0.1, -0.05) is 47.8 Å². The molecule has 184 valence electrons. The van der Waals surface area contributed by atoms with Gasteiger partial charge in [0.2, 0.25) is 10.2 Å². The molecule has 0 amide bonds. The Morgan fingerprint density at radius 2 is 0.842 bits per heavy atom. The first kappa shape index (κ1) is 21.1. The maximum absolute atomic E-state index is 12.8. The van der Waals surface area contributed by atoms with Crippen molar-refractivity contribution in [2.75, 3.05) is 0 Å². The van der Waals surface area contributed by atoms with Crippen LogP contribution in [-0.4, -0.2) is 30.2 Å². The van der Waals surface area contributed by atoms with Crippen molar-refractivity contribution in [3.8, 4) is 0 Å². The molecule has 2 aliphatic carbocycles. The third-order valence-corrected chi connectivity index (χ3v) is 10.3. The molecule has 0 saturated carbocycles. The average Bonchev–Trinajstić information content (AvgIpc) is 3.69. The van der Waals surface area contributed by atoms with Gasteiger partial charge in [-0.3, -0.25) is 9.59 Å². The third-order valence-electron chi connectivity index (χ3n) is 8.08. The Labute approximate surface area is 224 Å². The monoisotopic (exact) mass is 532 g/mol. The first-order valence-electron chi connectivity index (χ1n) is 12.7. The van der Waals surface area contributed by atoms with E-state index in [4.69, 9.17) is 0 Å². The molecule has 0 fully saturated rings. The molecule has 8 heteroatoms. The summed E-state index contributed by atoms with van der Waals surface area (Å²) in [6.07, 6.45) is 16.9. The molecular formula is C30H20N4O2S2. The molecule has 6 nitrogen and oxygen atoms in total. The molecule has 38 heavy (non-hydrogen) atoms. The molecular weight excluding hydrogens is 512 g/mol. The van der Waals surface area contributed by atoms with E-state index in [-0.39, 0.29) is 32.6 Å². The number of aromatic amines is 4. The van der Waals surface area contributed by atoms with E-state index in [1.54, 1.807) is 0 Å². The highest BCUT2D eigenvalue weighted by atomic mass is 32.2. The molecule has 0 radical (unpaired) electrons. The van der Waals surface area contributed by atoms with E-state index in [0.717, 1.165) is 55.3 Å². The van der Waals surface area contributed by atoms with Gasteiger partial charge < -0.3 is 19.9 Å². The second-order valence-corrected chi connectivity index (χ2v) is 12.6. The molecule has 4 N–H and O–H groups in total. The molecule has 0 saturated heterocycles. The first-order chi connectivity index (χ1) is 18.6. The van der Waals surface area contributed by atoms with Crippen molar-refractivity contribution in [2.24, 2.45) is 0 Å². The predicted molar refractivity (Wildman–Crippen MR) is 150 cm³/mol. The predicted octanol–water partition coefficient (Wildman–Crippen LogP) is 2.56. The fourth-order valence-electron chi connectivity index (χ4n) is 6.49. The van der Waals surface area contributed by atoms with Crippen molar-refractivity contribution in [3.63, 3.8) is 0 Å². The third kappa shape index (κ3) is 2.87. The molecule has 11 rings (SSSR count). The number of thioether (sulfide) groups is 2. The lowest BCUT2D eigenvalue weighted by atomic mass is 9.89. The van der Waals surface area contributed by atoms with E-state index in [1.807, 2.05) is 0 Å². The number of nitrogens with one attached hydrogen (secondary N) is 4. The summed E-state index contributed by atoms with van der Waals surface area (Å²) in [6.45, 7) is 0. The number of hydrogen-bond donors (Lipinski definition) is 4. The number of hydrogen-bond acceptors (Lipinski definition) is 4. The quantitative estimate of drug-likeness (QED) is 0.231.